The van der Waals surface area contributed by atoms with E-state index in [4.69, 9.17) is 9.47 Å². The van der Waals surface area contributed by atoms with Crippen LogP contribution in [0.1, 0.15) is 47.2 Å². The van der Waals surface area contributed by atoms with Gasteiger partial charge in [0.15, 0.2) is 11.5 Å². The van der Waals surface area contributed by atoms with Gasteiger partial charge in [0.25, 0.3) is 5.91 Å². The predicted molar refractivity (Wildman–Crippen MR) is 160 cm³/mol. The van der Waals surface area contributed by atoms with Gasteiger partial charge < -0.3 is 19.7 Å². The third-order valence-electron chi connectivity index (χ3n) is 8.69. The van der Waals surface area contributed by atoms with E-state index >= 15 is 0 Å². The van der Waals surface area contributed by atoms with Crippen LogP contribution < -0.4 is 14.8 Å². The summed E-state index contributed by atoms with van der Waals surface area (Å²) in [6.45, 7) is 0.965. The highest BCUT2D eigenvalue weighted by Crippen LogP contribution is 2.52. The van der Waals surface area contributed by atoms with Gasteiger partial charge in [0.1, 0.15) is 0 Å². The second kappa shape index (κ2) is 11.4. The molecule has 8 heteroatoms. The van der Waals surface area contributed by atoms with Crippen LogP contribution in [0.5, 0.6) is 11.5 Å². The summed E-state index contributed by atoms with van der Waals surface area (Å²) >= 11 is 0. The summed E-state index contributed by atoms with van der Waals surface area (Å²) in [5, 5.41) is 3.63. The summed E-state index contributed by atoms with van der Waals surface area (Å²) < 4.78 is 11.2. The van der Waals surface area contributed by atoms with Gasteiger partial charge in [-0.05, 0) is 55.4 Å². The summed E-state index contributed by atoms with van der Waals surface area (Å²) in [5.41, 5.74) is 3.16. The lowest BCUT2D eigenvalue weighted by molar-refractivity contribution is -0.133. The lowest BCUT2D eigenvalue weighted by Gasteiger charge is -2.49. The summed E-state index contributed by atoms with van der Waals surface area (Å²) in [5.74, 6) is -1.81. The first-order valence-corrected chi connectivity index (χ1v) is 14.5. The Morgan fingerprint density at radius 2 is 1.60 bits per heavy atom. The molecule has 3 aliphatic rings. The Bertz CT molecular complexity index is 1520. The number of carbonyl (C=O) groups is 3. The first-order chi connectivity index (χ1) is 20.3. The Kier molecular flexibility index (Phi) is 7.56. The average Bonchev–Trinajstić information content (AvgIpc) is 3.21. The number of anilines is 1. The molecule has 0 spiro atoms. The lowest BCUT2D eigenvalue weighted by atomic mass is 9.79. The molecule has 216 valence electrons. The number of benzene rings is 3. The molecule has 2 saturated heterocycles. The van der Waals surface area contributed by atoms with E-state index in [-0.39, 0.29) is 34.6 Å². The Morgan fingerprint density at radius 1 is 0.929 bits per heavy atom. The third kappa shape index (κ3) is 5.30. The van der Waals surface area contributed by atoms with Crippen LogP contribution in [-0.4, -0.2) is 60.4 Å². The van der Waals surface area contributed by atoms with Crippen LogP contribution >= 0.6 is 0 Å². The maximum absolute atomic E-state index is 12.9. The number of hydrogen-bond acceptors (Lipinski definition) is 7. The maximum Gasteiger partial charge on any atom is 0.336 e. The van der Waals surface area contributed by atoms with Crippen LogP contribution in [0.25, 0.3) is 0 Å². The Morgan fingerprint density at radius 3 is 2.29 bits per heavy atom. The first kappa shape index (κ1) is 27.7. The third-order valence-corrected chi connectivity index (χ3v) is 8.69. The molecule has 42 heavy (non-hydrogen) atoms. The van der Waals surface area contributed by atoms with Crippen molar-refractivity contribution in [1.29, 1.82) is 0 Å². The summed E-state index contributed by atoms with van der Waals surface area (Å²) in [4.78, 5) is 42.0. The summed E-state index contributed by atoms with van der Waals surface area (Å²) in [6, 6.07) is 25.1. The van der Waals surface area contributed by atoms with Gasteiger partial charge >= 0.3 is 11.9 Å². The number of nitrogens with one attached hydrogen (secondary N) is 1. The number of esters is 2. The zero-order valence-electron chi connectivity index (χ0n) is 23.9. The van der Waals surface area contributed by atoms with Crippen LogP contribution in [-0.2, 0) is 21.5 Å². The zero-order chi connectivity index (χ0) is 29.3. The number of hydrogen-bond donors (Lipinski definition) is 1. The Balaban J connectivity index is 1.33. The highest BCUT2D eigenvalue weighted by molar-refractivity contribution is 6.02. The van der Waals surface area contributed by atoms with Crippen LogP contribution in [0.2, 0.25) is 0 Å². The molecule has 0 radical (unpaired) electrons. The quantitative estimate of drug-likeness (QED) is 0.321. The van der Waals surface area contributed by atoms with Gasteiger partial charge in [0, 0.05) is 50.4 Å². The molecule has 3 unspecified atom stereocenters. The molecule has 3 heterocycles. The number of amides is 1. The maximum atomic E-state index is 12.9. The van der Waals surface area contributed by atoms with Gasteiger partial charge in [0.05, 0.1) is 11.3 Å². The van der Waals surface area contributed by atoms with Gasteiger partial charge in [-0.2, -0.15) is 0 Å². The van der Waals surface area contributed by atoms with Crippen LogP contribution in [0.4, 0.5) is 5.69 Å². The highest BCUT2D eigenvalue weighted by Gasteiger charge is 2.52. The smallest absolute Gasteiger partial charge is 0.336 e. The number of carbonyl (C=O) groups excluding carboxylic acids is 3. The monoisotopic (exact) mass is 565 g/mol. The molecule has 6 rings (SSSR count). The number of ether oxygens (including phenoxy) is 2. The molecule has 0 aromatic heterocycles. The SMILES string of the molecule is CN(C)C(=O)c1ccc(NC2CC3CCC(c4ccccc4)(C2)N3CCc2ccccc2)c2c1OC(=O)/C=C/C(=O)O2. The molecule has 3 aromatic rings. The van der Waals surface area contributed by atoms with Gasteiger partial charge in [0.2, 0.25) is 0 Å². The van der Waals surface area contributed by atoms with Crippen molar-refractivity contribution in [3.8, 4) is 11.5 Å². The van der Waals surface area contributed by atoms with Gasteiger partial charge in [-0.3, -0.25) is 9.69 Å². The number of nitrogens with zero attached hydrogens (tertiary/aromatic N) is 2. The van der Waals surface area contributed by atoms with Crippen molar-refractivity contribution in [2.75, 3.05) is 26.0 Å². The van der Waals surface area contributed by atoms with Crippen molar-refractivity contribution in [3.63, 3.8) is 0 Å². The molecule has 3 aromatic carbocycles. The Hall–Kier alpha value is -4.43. The standard InChI is InChI=1S/C34H35N3O5/c1-36(2)33(40)27-13-14-28(32-31(27)41-29(38)15-16-30(39)42-32)35-25-21-26-17-19-34(22-25,24-11-7-4-8-12-24)37(26)20-18-23-9-5-3-6-10-23/h3-16,25-26,35H,17-22H2,1-2H3/b16-15+. The van der Waals surface area contributed by atoms with E-state index in [2.05, 4.69) is 70.9 Å². The van der Waals surface area contributed by atoms with Gasteiger partial charge in [-0.15, -0.1) is 0 Å². The first-order valence-electron chi connectivity index (χ1n) is 14.5. The Labute approximate surface area is 245 Å². The number of fused-ring (bicyclic) bond motifs is 3. The highest BCUT2D eigenvalue weighted by atomic mass is 16.6. The molecule has 2 fully saturated rings. The largest absolute Gasteiger partial charge is 0.418 e. The van der Waals surface area contributed by atoms with Gasteiger partial charge in [-0.1, -0.05) is 60.7 Å². The second-order valence-corrected chi connectivity index (χ2v) is 11.5. The van der Waals surface area contributed by atoms with E-state index in [1.807, 2.05) is 0 Å². The molecule has 3 atom stereocenters. The summed E-state index contributed by atoms with van der Waals surface area (Å²) in [7, 11) is 3.23. The zero-order valence-corrected chi connectivity index (χ0v) is 23.9. The topological polar surface area (TPSA) is 88.2 Å². The van der Waals surface area contributed by atoms with E-state index < -0.39 is 11.9 Å². The fourth-order valence-corrected chi connectivity index (χ4v) is 6.83. The molecule has 8 nitrogen and oxygen atoms in total. The van der Waals surface area contributed by atoms with E-state index in [1.54, 1.807) is 26.2 Å². The molecule has 1 N–H and O–H groups in total. The van der Waals surface area contributed by atoms with Gasteiger partial charge in [-0.25, -0.2) is 9.59 Å². The van der Waals surface area contributed by atoms with E-state index in [0.29, 0.717) is 11.7 Å². The predicted octanol–water partition coefficient (Wildman–Crippen LogP) is 4.95. The minimum absolute atomic E-state index is 0.0533. The second-order valence-electron chi connectivity index (χ2n) is 11.5. The van der Waals surface area contributed by atoms with Crippen LogP contribution in [0, 0.1) is 0 Å². The van der Waals surface area contributed by atoms with Crippen molar-refractivity contribution >= 4 is 23.5 Å². The molecule has 3 aliphatic heterocycles. The van der Waals surface area contributed by atoms with Crippen molar-refractivity contribution in [1.82, 2.24) is 9.80 Å². The minimum atomic E-state index is -0.745. The normalized spacial score (nSPS) is 24.0. The lowest BCUT2D eigenvalue weighted by Crippen LogP contribution is -2.54. The van der Waals surface area contributed by atoms with E-state index in [1.165, 1.54) is 16.0 Å². The van der Waals surface area contributed by atoms with Crippen LogP contribution in [0.15, 0.2) is 84.9 Å². The number of piperidine rings is 1. The molecule has 0 saturated carbocycles. The average molecular weight is 566 g/mol. The summed E-state index contributed by atoms with van der Waals surface area (Å²) in [6.07, 6.45) is 6.92. The van der Waals surface area contributed by atoms with E-state index in [9.17, 15) is 14.4 Å². The van der Waals surface area contributed by atoms with Crippen molar-refractivity contribution in [2.24, 2.45) is 0 Å². The molecule has 1 amide bonds. The van der Waals surface area contributed by atoms with Crippen molar-refractivity contribution in [2.45, 2.75) is 49.7 Å². The number of rotatable bonds is 7. The fraction of sp³-hybridized carbons (Fsp3) is 0.324. The molecule has 0 aliphatic carbocycles. The van der Waals surface area contributed by atoms with Crippen LogP contribution in [0.3, 0.4) is 0 Å². The minimum Gasteiger partial charge on any atom is -0.418 e. The van der Waals surface area contributed by atoms with E-state index in [0.717, 1.165) is 50.8 Å². The molecule has 2 bridgehead atoms. The van der Waals surface area contributed by atoms with Crippen molar-refractivity contribution < 1.29 is 23.9 Å². The molecular weight excluding hydrogens is 530 g/mol. The fourth-order valence-electron chi connectivity index (χ4n) is 6.83. The van der Waals surface area contributed by atoms with Crippen molar-refractivity contribution in [3.05, 3.63) is 102 Å². The molecular formula is C34H35N3O5.